The lowest BCUT2D eigenvalue weighted by Gasteiger charge is -2.06. The van der Waals surface area contributed by atoms with Gasteiger partial charge in [0.2, 0.25) is 0 Å². The third kappa shape index (κ3) is 4.76. The highest BCUT2D eigenvalue weighted by Crippen LogP contribution is 2.08. The maximum Gasteiger partial charge on any atom is 0.345 e. The summed E-state index contributed by atoms with van der Waals surface area (Å²) in [6, 6.07) is 4.70. The molecule has 0 saturated heterocycles. The Balaban J connectivity index is 2.46. The zero-order valence-corrected chi connectivity index (χ0v) is 10.0. The van der Waals surface area contributed by atoms with E-state index in [0.29, 0.717) is 5.69 Å². The second-order valence-electron chi connectivity index (χ2n) is 3.87. The summed E-state index contributed by atoms with van der Waals surface area (Å²) < 4.78 is 4.54. The fourth-order valence-electron chi connectivity index (χ4n) is 1.23. The van der Waals surface area contributed by atoms with E-state index in [0.717, 1.165) is 0 Å². The first-order chi connectivity index (χ1) is 8.90. The lowest BCUT2D eigenvalue weighted by molar-refractivity contribution is -0.140. The summed E-state index contributed by atoms with van der Waals surface area (Å²) >= 11 is 0. The average Bonchev–Trinajstić information content (AvgIpc) is 2.36. The molecule has 7 heteroatoms. The number of carboxylic acids is 1. The summed E-state index contributed by atoms with van der Waals surface area (Å²) in [5.41, 5.74) is 11.3. The molecule has 102 valence electrons. The summed E-state index contributed by atoms with van der Waals surface area (Å²) in [4.78, 5) is 33.2. The van der Waals surface area contributed by atoms with Gasteiger partial charge in [0.05, 0.1) is 5.56 Å². The Labute approximate surface area is 109 Å². The molecule has 0 spiro atoms. The zero-order valence-electron chi connectivity index (χ0n) is 10.0. The topological polar surface area (TPSA) is 133 Å². The lowest BCUT2D eigenvalue weighted by atomic mass is 10.2. The van der Waals surface area contributed by atoms with Crippen LogP contribution in [0, 0.1) is 0 Å². The molecule has 0 bridgehead atoms. The molecule has 1 atom stereocenters. The van der Waals surface area contributed by atoms with Crippen molar-refractivity contribution in [1.82, 2.24) is 0 Å². The minimum absolute atomic E-state index is 0.0941. The number of carbonyl (C=O) groups is 3. The molecule has 1 aromatic rings. The molecular weight excluding hydrogens is 252 g/mol. The monoisotopic (exact) mass is 266 g/mol. The number of nitrogens with two attached hydrogens (primary N) is 2. The van der Waals surface area contributed by atoms with E-state index in [1.807, 2.05) is 0 Å². The third-order valence-corrected chi connectivity index (χ3v) is 2.33. The van der Waals surface area contributed by atoms with Crippen LogP contribution < -0.4 is 11.5 Å². The average molecular weight is 266 g/mol. The molecule has 0 amide bonds. The van der Waals surface area contributed by atoms with Crippen LogP contribution >= 0.6 is 0 Å². The molecular formula is C12H14N2O5. The zero-order chi connectivity index (χ0) is 14.4. The van der Waals surface area contributed by atoms with Gasteiger partial charge in [-0.2, -0.15) is 0 Å². The van der Waals surface area contributed by atoms with Crippen molar-refractivity contribution in [2.75, 3.05) is 5.73 Å². The number of ether oxygens (including phenoxy) is 1. The predicted octanol–water partition coefficient (Wildman–Crippen LogP) is 0.144. The van der Waals surface area contributed by atoms with Gasteiger partial charge in [-0.1, -0.05) is 0 Å². The smallest absolute Gasteiger partial charge is 0.345 e. The molecule has 19 heavy (non-hydrogen) atoms. The van der Waals surface area contributed by atoms with Crippen LogP contribution in [-0.2, 0) is 14.3 Å². The van der Waals surface area contributed by atoms with E-state index in [4.69, 9.17) is 16.6 Å². The molecule has 7 nitrogen and oxygen atoms in total. The van der Waals surface area contributed by atoms with Crippen molar-refractivity contribution in [1.29, 1.82) is 0 Å². The third-order valence-electron chi connectivity index (χ3n) is 2.33. The number of carboxylic acid groups (broad SMARTS) is 1. The standard InChI is InChI=1S/C12H14N2O5/c13-8-3-1-7(2-4-8)12(18)19-10(15)6-5-9(14)11(16)17/h1-4,9H,5-6,13-14H2,(H,16,17)/t9-/m1/s1. The Hall–Kier alpha value is -2.41. The Morgan fingerprint density at radius 1 is 1.21 bits per heavy atom. The summed E-state index contributed by atoms with van der Waals surface area (Å²) in [5.74, 6) is -2.84. The summed E-state index contributed by atoms with van der Waals surface area (Å²) in [6.07, 6.45) is -0.336. The van der Waals surface area contributed by atoms with Gasteiger partial charge in [0, 0.05) is 12.1 Å². The molecule has 0 aliphatic heterocycles. The van der Waals surface area contributed by atoms with Gasteiger partial charge in [-0.15, -0.1) is 0 Å². The molecule has 0 aliphatic rings. The van der Waals surface area contributed by atoms with Gasteiger partial charge in [-0.3, -0.25) is 9.59 Å². The van der Waals surface area contributed by atoms with E-state index >= 15 is 0 Å². The summed E-state index contributed by atoms with van der Waals surface area (Å²) in [6.45, 7) is 0. The number of aliphatic carboxylic acids is 1. The van der Waals surface area contributed by atoms with Crippen LogP contribution in [-0.4, -0.2) is 29.1 Å². The van der Waals surface area contributed by atoms with E-state index in [2.05, 4.69) is 4.74 Å². The van der Waals surface area contributed by atoms with Crippen LogP contribution in [0.25, 0.3) is 0 Å². The van der Waals surface area contributed by atoms with Crippen LogP contribution in [0.5, 0.6) is 0 Å². The first-order valence-electron chi connectivity index (χ1n) is 5.49. The molecule has 1 rings (SSSR count). The fourth-order valence-corrected chi connectivity index (χ4v) is 1.23. The summed E-state index contributed by atoms with van der Waals surface area (Å²) in [7, 11) is 0. The fraction of sp³-hybridized carbons (Fsp3) is 0.250. The Morgan fingerprint density at radius 2 is 1.79 bits per heavy atom. The second kappa shape index (κ2) is 6.50. The number of anilines is 1. The van der Waals surface area contributed by atoms with Gasteiger partial charge >= 0.3 is 17.9 Å². The van der Waals surface area contributed by atoms with Gasteiger partial charge in [-0.05, 0) is 30.7 Å². The Morgan fingerprint density at radius 3 is 2.32 bits per heavy atom. The van der Waals surface area contributed by atoms with E-state index in [1.54, 1.807) is 0 Å². The second-order valence-corrected chi connectivity index (χ2v) is 3.87. The molecule has 0 radical (unpaired) electrons. The minimum Gasteiger partial charge on any atom is -0.480 e. The molecule has 0 saturated carbocycles. The van der Waals surface area contributed by atoms with Crippen molar-refractivity contribution in [3.05, 3.63) is 29.8 Å². The molecule has 0 heterocycles. The van der Waals surface area contributed by atoms with Crippen molar-refractivity contribution >= 4 is 23.6 Å². The highest BCUT2D eigenvalue weighted by molar-refractivity contribution is 5.97. The number of hydrogen-bond donors (Lipinski definition) is 3. The highest BCUT2D eigenvalue weighted by Gasteiger charge is 2.17. The Bertz CT molecular complexity index is 483. The van der Waals surface area contributed by atoms with Gasteiger partial charge in [0.1, 0.15) is 6.04 Å². The van der Waals surface area contributed by atoms with Crippen molar-refractivity contribution in [3.63, 3.8) is 0 Å². The quantitative estimate of drug-likeness (QED) is 0.392. The number of hydrogen-bond acceptors (Lipinski definition) is 6. The molecule has 1 aromatic carbocycles. The maximum absolute atomic E-state index is 11.5. The largest absolute Gasteiger partial charge is 0.480 e. The number of benzene rings is 1. The molecule has 5 N–H and O–H groups in total. The van der Waals surface area contributed by atoms with Gasteiger partial charge in [-0.25, -0.2) is 4.79 Å². The lowest BCUT2D eigenvalue weighted by Crippen LogP contribution is -2.31. The number of nitrogen functional groups attached to an aromatic ring is 1. The molecule has 0 aliphatic carbocycles. The van der Waals surface area contributed by atoms with Gasteiger partial charge in [0.25, 0.3) is 0 Å². The molecule has 0 unspecified atom stereocenters. The van der Waals surface area contributed by atoms with Crippen molar-refractivity contribution in [2.45, 2.75) is 18.9 Å². The van der Waals surface area contributed by atoms with E-state index in [9.17, 15) is 14.4 Å². The van der Waals surface area contributed by atoms with Gasteiger partial charge < -0.3 is 21.3 Å². The predicted molar refractivity (Wildman–Crippen MR) is 66.1 cm³/mol. The normalized spacial score (nSPS) is 11.6. The van der Waals surface area contributed by atoms with Gasteiger partial charge in [0.15, 0.2) is 0 Å². The first-order valence-corrected chi connectivity index (χ1v) is 5.49. The van der Waals surface area contributed by atoms with Crippen molar-refractivity contribution in [2.24, 2.45) is 5.73 Å². The maximum atomic E-state index is 11.5. The van der Waals surface area contributed by atoms with Crippen molar-refractivity contribution < 1.29 is 24.2 Å². The van der Waals surface area contributed by atoms with Crippen molar-refractivity contribution in [3.8, 4) is 0 Å². The summed E-state index contributed by atoms with van der Waals surface area (Å²) in [5, 5.41) is 8.52. The Kier molecular flexibility index (Phi) is 5.01. The van der Waals surface area contributed by atoms with Crippen LogP contribution in [0.15, 0.2) is 24.3 Å². The van der Waals surface area contributed by atoms with Crippen LogP contribution in [0.2, 0.25) is 0 Å². The van der Waals surface area contributed by atoms with Crippen LogP contribution in [0.3, 0.4) is 0 Å². The van der Waals surface area contributed by atoms with E-state index in [-0.39, 0.29) is 18.4 Å². The van der Waals surface area contributed by atoms with E-state index in [1.165, 1.54) is 24.3 Å². The minimum atomic E-state index is -1.21. The number of carbonyl (C=O) groups excluding carboxylic acids is 2. The number of rotatable bonds is 5. The SMILES string of the molecule is Nc1ccc(C(=O)OC(=O)CC[C@@H](N)C(=O)O)cc1. The molecule has 0 fully saturated rings. The van der Waals surface area contributed by atoms with Crippen LogP contribution in [0.4, 0.5) is 5.69 Å². The number of esters is 2. The first kappa shape index (κ1) is 14.7. The molecule has 0 aromatic heterocycles. The van der Waals surface area contributed by atoms with Crippen LogP contribution in [0.1, 0.15) is 23.2 Å². The highest BCUT2D eigenvalue weighted by atomic mass is 16.6. The van der Waals surface area contributed by atoms with E-state index < -0.39 is 23.9 Å².